The van der Waals surface area contributed by atoms with Crippen LogP contribution in [-0.2, 0) is 11.8 Å². The fourth-order valence-corrected chi connectivity index (χ4v) is 4.89. The highest BCUT2D eigenvalue weighted by molar-refractivity contribution is 7.99. The number of benzene rings is 2. The van der Waals surface area contributed by atoms with Crippen LogP contribution in [0.2, 0.25) is 15.1 Å². The van der Waals surface area contributed by atoms with E-state index >= 15 is 0 Å². The van der Waals surface area contributed by atoms with Gasteiger partial charge < -0.3 is 15.2 Å². The number of nitrogens with one attached hydrogen (secondary N) is 2. The summed E-state index contributed by atoms with van der Waals surface area (Å²) in [7, 11) is 1.81. The second kappa shape index (κ2) is 12.1. The van der Waals surface area contributed by atoms with Gasteiger partial charge >= 0.3 is 0 Å². The van der Waals surface area contributed by atoms with Gasteiger partial charge in [0.15, 0.2) is 11.0 Å². The Kier molecular flexibility index (Phi) is 9.47. The van der Waals surface area contributed by atoms with Gasteiger partial charge in [-0.3, -0.25) is 9.59 Å². The van der Waals surface area contributed by atoms with E-state index in [0.29, 0.717) is 38.7 Å². The number of thioether (sulfide) groups is 1. The number of amides is 2. The second-order valence-electron chi connectivity index (χ2n) is 8.48. The fraction of sp³-hybridized carbons (Fsp3) is 0.333. The van der Waals surface area contributed by atoms with Crippen molar-refractivity contribution in [2.75, 3.05) is 11.1 Å². The first-order valence-corrected chi connectivity index (χ1v) is 13.0. The largest absolute Gasteiger partial charge is 0.342 e. The average Bonchev–Trinajstić information content (AvgIpc) is 3.13. The van der Waals surface area contributed by atoms with Gasteiger partial charge in [-0.25, -0.2) is 0 Å². The second-order valence-corrected chi connectivity index (χ2v) is 10.7. The predicted octanol–water partition coefficient (Wildman–Crippen LogP) is 6.33. The standard InChI is InChI=1S/C24H26Cl3N5O2S/c1-13(2)9-20(29-23(34)17-7-5-16(26)11-18(17)27)22-30-31-24(32(22)4)35-12-21(33)28-19-8-6-15(25)10-14(19)3/h5-8,10-11,13,20H,9,12H2,1-4H3,(H,28,33)(H,29,34)/t20-/m0/s1. The Bertz CT molecular complexity index is 1230. The molecule has 0 spiro atoms. The number of carbonyl (C=O) groups is 2. The van der Waals surface area contributed by atoms with Crippen molar-refractivity contribution in [3.8, 4) is 0 Å². The molecule has 3 rings (SSSR count). The smallest absolute Gasteiger partial charge is 0.253 e. The molecule has 2 amide bonds. The van der Waals surface area contributed by atoms with Crippen LogP contribution in [-0.4, -0.2) is 32.3 Å². The third-order valence-electron chi connectivity index (χ3n) is 5.16. The molecule has 186 valence electrons. The molecular formula is C24H26Cl3N5O2S. The van der Waals surface area contributed by atoms with Gasteiger partial charge in [-0.1, -0.05) is 60.4 Å². The van der Waals surface area contributed by atoms with Crippen molar-refractivity contribution in [2.24, 2.45) is 13.0 Å². The molecule has 2 N–H and O–H groups in total. The van der Waals surface area contributed by atoms with E-state index in [4.69, 9.17) is 34.8 Å². The average molecular weight is 555 g/mol. The molecule has 1 aromatic heterocycles. The summed E-state index contributed by atoms with van der Waals surface area (Å²) >= 11 is 19.4. The quantitative estimate of drug-likeness (QED) is 0.302. The van der Waals surface area contributed by atoms with Gasteiger partial charge in [-0.15, -0.1) is 10.2 Å². The number of anilines is 1. The molecule has 2 aromatic carbocycles. The Hall–Kier alpha value is -2.26. The van der Waals surface area contributed by atoms with E-state index < -0.39 is 6.04 Å². The van der Waals surface area contributed by atoms with Gasteiger partial charge in [0, 0.05) is 22.8 Å². The molecule has 0 saturated heterocycles. The highest BCUT2D eigenvalue weighted by atomic mass is 35.5. The number of halogens is 3. The number of rotatable bonds is 9. The maximum Gasteiger partial charge on any atom is 0.253 e. The molecule has 1 atom stereocenters. The topological polar surface area (TPSA) is 88.9 Å². The summed E-state index contributed by atoms with van der Waals surface area (Å²) in [5.41, 5.74) is 1.92. The number of carbonyl (C=O) groups excluding carboxylic acids is 2. The van der Waals surface area contributed by atoms with E-state index in [9.17, 15) is 9.59 Å². The fourth-order valence-electron chi connectivity index (χ4n) is 3.45. The summed E-state index contributed by atoms with van der Waals surface area (Å²) < 4.78 is 1.79. The van der Waals surface area contributed by atoms with Crippen molar-refractivity contribution in [3.63, 3.8) is 0 Å². The zero-order chi connectivity index (χ0) is 25.7. The van der Waals surface area contributed by atoms with Crippen LogP contribution < -0.4 is 10.6 Å². The first-order valence-electron chi connectivity index (χ1n) is 10.9. The number of hydrogen-bond donors (Lipinski definition) is 2. The van der Waals surface area contributed by atoms with Gasteiger partial charge in [0.25, 0.3) is 5.91 Å². The van der Waals surface area contributed by atoms with E-state index in [1.807, 2.05) is 14.0 Å². The Morgan fingerprint density at radius 1 is 1.06 bits per heavy atom. The van der Waals surface area contributed by atoms with Crippen molar-refractivity contribution in [3.05, 3.63) is 68.4 Å². The predicted molar refractivity (Wildman–Crippen MR) is 143 cm³/mol. The van der Waals surface area contributed by atoms with Crippen LogP contribution in [0.3, 0.4) is 0 Å². The first-order chi connectivity index (χ1) is 16.5. The Morgan fingerprint density at radius 3 is 2.40 bits per heavy atom. The van der Waals surface area contributed by atoms with Crippen LogP contribution in [0.5, 0.6) is 0 Å². The summed E-state index contributed by atoms with van der Waals surface area (Å²) in [6.45, 7) is 6.00. The van der Waals surface area contributed by atoms with Crippen LogP contribution in [0.1, 0.15) is 48.1 Å². The van der Waals surface area contributed by atoms with E-state index in [1.54, 1.807) is 34.9 Å². The van der Waals surface area contributed by atoms with Gasteiger partial charge in [0.2, 0.25) is 5.91 Å². The van der Waals surface area contributed by atoms with Gasteiger partial charge in [0.05, 0.1) is 22.4 Å². The van der Waals surface area contributed by atoms with Crippen LogP contribution in [0.15, 0.2) is 41.6 Å². The lowest BCUT2D eigenvalue weighted by Gasteiger charge is -2.20. The molecule has 11 heteroatoms. The third-order valence-corrected chi connectivity index (χ3v) is 6.97. The monoisotopic (exact) mass is 553 g/mol. The lowest BCUT2D eigenvalue weighted by Crippen LogP contribution is -2.31. The molecule has 0 unspecified atom stereocenters. The normalized spacial score (nSPS) is 12.0. The zero-order valence-electron chi connectivity index (χ0n) is 19.7. The van der Waals surface area contributed by atoms with Crippen LogP contribution >= 0.6 is 46.6 Å². The molecule has 0 aliphatic heterocycles. The summed E-state index contributed by atoms with van der Waals surface area (Å²) in [4.78, 5) is 25.4. The van der Waals surface area contributed by atoms with Crippen molar-refractivity contribution in [2.45, 2.75) is 38.4 Å². The number of aromatic nitrogens is 3. The molecule has 7 nitrogen and oxygen atoms in total. The molecule has 0 aliphatic rings. The summed E-state index contributed by atoms with van der Waals surface area (Å²) in [6.07, 6.45) is 0.643. The maximum atomic E-state index is 12.9. The molecule has 3 aromatic rings. The minimum absolute atomic E-state index is 0.148. The van der Waals surface area contributed by atoms with Crippen molar-refractivity contribution < 1.29 is 9.59 Å². The van der Waals surface area contributed by atoms with Gasteiger partial charge in [0.1, 0.15) is 0 Å². The highest BCUT2D eigenvalue weighted by Gasteiger charge is 2.24. The summed E-state index contributed by atoms with van der Waals surface area (Å²) in [5.74, 6) is 0.521. The SMILES string of the molecule is Cc1cc(Cl)ccc1NC(=O)CSc1nnc([C@H](CC(C)C)NC(=O)c2ccc(Cl)cc2Cl)n1C. The molecule has 0 aliphatic carbocycles. The lowest BCUT2D eigenvalue weighted by atomic mass is 10.0. The lowest BCUT2D eigenvalue weighted by molar-refractivity contribution is -0.113. The highest BCUT2D eigenvalue weighted by Crippen LogP contribution is 2.26. The molecule has 0 saturated carbocycles. The summed E-state index contributed by atoms with van der Waals surface area (Å²) in [6, 6.07) is 9.63. The minimum atomic E-state index is -0.397. The number of hydrogen-bond acceptors (Lipinski definition) is 5. The van der Waals surface area contributed by atoms with Crippen molar-refractivity contribution in [1.82, 2.24) is 20.1 Å². The minimum Gasteiger partial charge on any atom is -0.342 e. The number of aryl methyl sites for hydroxylation is 1. The van der Waals surface area contributed by atoms with Crippen molar-refractivity contribution >= 4 is 64.1 Å². The Morgan fingerprint density at radius 2 is 1.74 bits per heavy atom. The van der Waals surface area contributed by atoms with Crippen LogP contribution in [0, 0.1) is 12.8 Å². The molecule has 0 fully saturated rings. The molecule has 0 radical (unpaired) electrons. The molecule has 1 heterocycles. The van der Waals surface area contributed by atoms with Crippen LogP contribution in [0.4, 0.5) is 5.69 Å². The van der Waals surface area contributed by atoms with Gasteiger partial charge in [-0.2, -0.15) is 0 Å². The Labute approximate surface area is 223 Å². The van der Waals surface area contributed by atoms with Crippen LogP contribution in [0.25, 0.3) is 0 Å². The summed E-state index contributed by atoms with van der Waals surface area (Å²) in [5, 5.41) is 16.4. The maximum absolute atomic E-state index is 12.9. The van der Waals surface area contributed by atoms with E-state index in [0.717, 1.165) is 5.56 Å². The van der Waals surface area contributed by atoms with Crippen molar-refractivity contribution in [1.29, 1.82) is 0 Å². The number of nitrogens with zero attached hydrogens (tertiary/aromatic N) is 3. The third kappa shape index (κ3) is 7.36. The molecule has 35 heavy (non-hydrogen) atoms. The Balaban J connectivity index is 1.70. The molecule has 0 bridgehead atoms. The van der Waals surface area contributed by atoms with Gasteiger partial charge in [-0.05, 0) is 61.2 Å². The molecular weight excluding hydrogens is 529 g/mol. The first kappa shape index (κ1) is 27.3. The van der Waals surface area contributed by atoms with E-state index in [-0.39, 0.29) is 28.5 Å². The zero-order valence-corrected chi connectivity index (χ0v) is 22.8. The van der Waals surface area contributed by atoms with E-state index in [1.165, 1.54) is 17.8 Å². The van der Waals surface area contributed by atoms with E-state index in [2.05, 4.69) is 34.7 Å².